The standard InChI is InChI=1S/C12H15N5O/c1-3-17-9-5-4-7(2)6-8(9)10(11(17)18)15-16-12(13)14/h4-6,18H,3H2,1-2H3,(H3,13,14). The molecule has 2 rings (SSSR count). The summed E-state index contributed by atoms with van der Waals surface area (Å²) in [6, 6.07) is 5.83. The Morgan fingerprint density at radius 3 is 2.83 bits per heavy atom. The summed E-state index contributed by atoms with van der Waals surface area (Å²) in [4.78, 5) is 0. The minimum absolute atomic E-state index is 0.0445. The summed E-state index contributed by atoms with van der Waals surface area (Å²) >= 11 is 0. The van der Waals surface area contributed by atoms with E-state index in [1.807, 2.05) is 32.0 Å². The van der Waals surface area contributed by atoms with Crippen molar-refractivity contribution in [2.75, 3.05) is 0 Å². The predicted molar refractivity (Wildman–Crippen MR) is 70.4 cm³/mol. The van der Waals surface area contributed by atoms with Crippen LogP contribution in [0.25, 0.3) is 10.9 Å². The fourth-order valence-electron chi connectivity index (χ4n) is 1.96. The van der Waals surface area contributed by atoms with E-state index in [1.165, 1.54) is 0 Å². The highest BCUT2D eigenvalue weighted by molar-refractivity contribution is 5.95. The molecule has 0 aliphatic carbocycles. The molecule has 0 saturated carbocycles. The van der Waals surface area contributed by atoms with Crippen LogP contribution in [0, 0.1) is 12.3 Å². The Hall–Kier alpha value is -2.37. The number of azo groups is 1. The molecule has 94 valence electrons. The maximum absolute atomic E-state index is 10.1. The largest absolute Gasteiger partial charge is 0.493 e. The molecule has 0 saturated heterocycles. The van der Waals surface area contributed by atoms with Crippen molar-refractivity contribution in [3.8, 4) is 5.88 Å². The molecule has 0 aliphatic rings. The second kappa shape index (κ2) is 4.48. The Labute approximate surface area is 104 Å². The summed E-state index contributed by atoms with van der Waals surface area (Å²) in [5.74, 6) is -0.345. The van der Waals surface area contributed by atoms with Gasteiger partial charge in [0.1, 0.15) is 0 Å². The minimum Gasteiger partial charge on any atom is -0.493 e. The molecule has 0 unspecified atom stereocenters. The van der Waals surface area contributed by atoms with E-state index in [2.05, 4.69) is 10.2 Å². The van der Waals surface area contributed by atoms with Gasteiger partial charge in [-0.2, -0.15) is 0 Å². The number of nitrogens with one attached hydrogen (secondary N) is 1. The number of aryl methyl sites for hydroxylation is 2. The third-order valence-electron chi connectivity index (χ3n) is 2.74. The van der Waals surface area contributed by atoms with Gasteiger partial charge in [-0.3, -0.25) is 5.41 Å². The number of guanidine groups is 1. The van der Waals surface area contributed by atoms with Crippen LogP contribution in [0.2, 0.25) is 0 Å². The zero-order valence-electron chi connectivity index (χ0n) is 10.3. The number of fused-ring (bicyclic) bond motifs is 1. The Balaban J connectivity index is 2.74. The summed E-state index contributed by atoms with van der Waals surface area (Å²) in [5.41, 5.74) is 7.44. The number of nitrogens with two attached hydrogens (primary N) is 1. The summed E-state index contributed by atoms with van der Waals surface area (Å²) in [7, 11) is 0. The van der Waals surface area contributed by atoms with Crippen molar-refractivity contribution in [2.45, 2.75) is 20.4 Å². The monoisotopic (exact) mass is 245 g/mol. The van der Waals surface area contributed by atoms with Crippen molar-refractivity contribution in [3.63, 3.8) is 0 Å². The highest BCUT2D eigenvalue weighted by Crippen LogP contribution is 2.39. The fraction of sp³-hybridized carbons (Fsp3) is 0.250. The van der Waals surface area contributed by atoms with Crippen LogP contribution in [-0.2, 0) is 6.54 Å². The van der Waals surface area contributed by atoms with Crippen LogP contribution in [0.5, 0.6) is 5.88 Å². The lowest BCUT2D eigenvalue weighted by Gasteiger charge is -2.01. The smallest absolute Gasteiger partial charge is 0.232 e. The zero-order chi connectivity index (χ0) is 13.3. The number of aromatic nitrogens is 1. The molecule has 0 bridgehead atoms. The van der Waals surface area contributed by atoms with Gasteiger partial charge in [0.2, 0.25) is 11.8 Å². The Kier molecular flexibility index (Phi) is 3.01. The Morgan fingerprint density at radius 1 is 1.50 bits per heavy atom. The van der Waals surface area contributed by atoms with E-state index in [4.69, 9.17) is 11.1 Å². The van der Waals surface area contributed by atoms with Crippen molar-refractivity contribution in [2.24, 2.45) is 16.0 Å². The van der Waals surface area contributed by atoms with Crippen molar-refractivity contribution in [3.05, 3.63) is 23.8 Å². The third kappa shape index (κ3) is 1.92. The first kappa shape index (κ1) is 12.1. The first-order valence-corrected chi connectivity index (χ1v) is 5.62. The minimum atomic E-state index is -0.389. The van der Waals surface area contributed by atoms with Crippen LogP contribution in [-0.4, -0.2) is 15.6 Å². The maximum atomic E-state index is 10.1. The molecule has 0 fully saturated rings. The number of hydrogen-bond donors (Lipinski definition) is 3. The van der Waals surface area contributed by atoms with Crippen LogP contribution in [0.3, 0.4) is 0 Å². The van der Waals surface area contributed by atoms with Crippen molar-refractivity contribution in [1.82, 2.24) is 4.57 Å². The van der Waals surface area contributed by atoms with Gasteiger partial charge in [0.25, 0.3) is 0 Å². The number of aromatic hydroxyl groups is 1. The van der Waals surface area contributed by atoms with Gasteiger partial charge in [0.15, 0.2) is 5.69 Å². The summed E-state index contributed by atoms with van der Waals surface area (Å²) in [5, 5.41) is 25.3. The molecule has 6 heteroatoms. The summed E-state index contributed by atoms with van der Waals surface area (Å²) in [6.45, 7) is 4.53. The van der Waals surface area contributed by atoms with E-state index in [1.54, 1.807) is 4.57 Å². The van der Waals surface area contributed by atoms with Gasteiger partial charge in [-0.05, 0) is 26.0 Å². The van der Waals surface area contributed by atoms with Crippen molar-refractivity contribution >= 4 is 22.5 Å². The van der Waals surface area contributed by atoms with Crippen LogP contribution in [0.15, 0.2) is 28.4 Å². The molecular weight excluding hydrogens is 230 g/mol. The number of hydrogen-bond acceptors (Lipinski definition) is 3. The van der Waals surface area contributed by atoms with Crippen LogP contribution in [0.1, 0.15) is 12.5 Å². The van der Waals surface area contributed by atoms with Gasteiger partial charge < -0.3 is 15.4 Å². The molecule has 2 aromatic rings. The van der Waals surface area contributed by atoms with Gasteiger partial charge in [-0.1, -0.05) is 11.6 Å². The van der Waals surface area contributed by atoms with E-state index in [-0.39, 0.29) is 11.8 Å². The molecule has 1 heterocycles. The molecule has 0 aliphatic heterocycles. The third-order valence-corrected chi connectivity index (χ3v) is 2.74. The van der Waals surface area contributed by atoms with Gasteiger partial charge in [0.05, 0.1) is 5.52 Å². The predicted octanol–water partition coefficient (Wildman–Crippen LogP) is 2.65. The number of nitrogens with zero attached hydrogens (tertiary/aromatic N) is 3. The lowest BCUT2D eigenvalue weighted by Crippen LogP contribution is -2.03. The molecule has 0 amide bonds. The first-order valence-electron chi connectivity index (χ1n) is 5.62. The molecule has 18 heavy (non-hydrogen) atoms. The molecule has 0 radical (unpaired) electrons. The average Bonchev–Trinajstić information content (AvgIpc) is 2.57. The van der Waals surface area contributed by atoms with Crippen LogP contribution >= 0.6 is 0 Å². The molecule has 0 atom stereocenters. The normalized spacial score (nSPS) is 11.4. The Morgan fingerprint density at radius 2 is 2.22 bits per heavy atom. The molecule has 1 aromatic heterocycles. The van der Waals surface area contributed by atoms with Crippen molar-refractivity contribution in [1.29, 1.82) is 5.41 Å². The van der Waals surface area contributed by atoms with Gasteiger partial charge in [-0.25, -0.2) is 0 Å². The molecule has 0 spiro atoms. The highest BCUT2D eigenvalue weighted by atomic mass is 16.3. The number of rotatable bonds is 2. The van der Waals surface area contributed by atoms with Gasteiger partial charge >= 0.3 is 0 Å². The van der Waals surface area contributed by atoms with E-state index in [0.29, 0.717) is 12.2 Å². The van der Waals surface area contributed by atoms with E-state index < -0.39 is 0 Å². The fourth-order valence-corrected chi connectivity index (χ4v) is 1.96. The van der Waals surface area contributed by atoms with Crippen molar-refractivity contribution < 1.29 is 5.11 Å². The van der Waals surface area contributed by atoms with E-state index in [0.717, 1.165) is 16.5 Å². The number of benzene rings is 1. The zero-order valence-corrected chi connectivity index (χ0v) is 10.3. The van der Waals surface area contributed by atoms with Gasteiger partial charge in [-0.15, -0.1) is 10.2 Å². The quantitative estimate of drug-likeness (QED) is 0.430. The summed E-state index contributed by atoms with van der Waals surface area (Å²) in [6.07, 6.45) is 0. The van der Waals surface area contributed by atoms with E-state index in [9.17, 15) is 5.11 Å². The lowest BCUT2D eigenvalue weighted by atomic mass is 10.1. The lowest BCUT2D eigenvalue weighted by molar-refractivity contribution is 0.427. The van der Waals surface area contributed by atoms with Gasteiger partial charge in [0, 0.05) is 11.9 Å². The first-order chi connectivity index (χ1) is 8.54. The molecule has 6 nitrogen and oxygen atoms in total. The SMILES string of the molecule is CCn1c(O)c(N=NC(=N)N)c2cc(C)ccc21. The molecular formula is C12H15N5O. The summed E-state index contributed by atoms with van der Waals surface area (Å²) < 4.78 is 1.74. The van der Waals surface area contributed by atoms with E-state index >= 15 is 0 Å². The van der Waals surface area contributed by atoms with Crippen LogP contribution < -0.4 is 5.73 Å². The average molecular weight is 245 g/mol. The second-order valence-electron chi connectivity index (χ2n) is 4.02. The second-order valence-corrected chi connectivity index (χ2v) is 4.02. The Bertz CT molecular complexity index is 641. The van der Waals surface area contributed by atoms with Crippen LogP contribution in [0.4, 0.5) is 5.69 Å². The molecule has 4 N–H and O–H groups in total. The topological polar surface area (TPSA) is 99.7 Å². The molecule has 1 aromatic carbocycles. The maximum Gasteiger partial charge on any atom is 0.232 e. The highest BCUT2D eigenvalue weighted by Gasteiger charge is 2.15.